The second-order valence-corrected chi connectivity index (χ2v) is 4.62. The Labute approximate surface area is 115 Å². The molecule has 1 aromatic heterocycles. The Morgan fingerprint density at radius 2 is 2.26 bits per heavy atom. The van der Waals surface area contributed by atoms with Crippen molar-refractivity contribution in [2.45, 2.75) is 26.3 Å². The molecule has 0 spiro atoms. The van der Waals surface area contributed by atoms with Crippen LogP contribution in [0.25, 0.3) is 11.3 Å². The number of hydrogen-bond donors (Lipinski definition) is 1. The smallest absolute Gasteiger partial charge is 0.358 e. The van der Waals surface area contributed by atoms with Gasteiger partial charge in [0.2, 0.25) is 0 Å². The van der Waals surface area contributed by atoms with Gasteiger partial charge in [0.25, 0.3) is 0 Å². The van der Waals surface area contributed by atoms with Gasteiger partial charge in [-0.3, -0.25) is 0 Å². The Bertz CT molecular complexity index is 595. The number of carboxylic acid groups (broad SMARTS) is 1. The van der Waals surface area contributed by atoms with E-state index in [1.54, 1.807) is 28.9 Å². The van der Waals surface area contributed by atoms with Crippen molar-refractivity contribution in [2.75, 3.05) is 0 Å². The first-order valence-electron chi connectivity index (χ1n) is 6.06. The van der Waals surface area contributed by atoms with Gasteiger partial charge in [-0.2, -0.15) is 0 Å². The lowest BCUT2D eigenvalue weighted by atomic mass is 10.1. The number of carbonyl (C=O) groups is 1. The van der Waals surface area contributed by atoms with Crippen LogP contribution in [0.3, 0.4) is 0 Å². The number of benzene rings is 1. The largest absolute Gasteiger partial charge is 0.476 e. The summed E-state index contributed by atoms with van der Waals surface area (Å²) in [5.41, 5.74) is 1.17. The monoisotopic (exact) mass is 279 g/mol. The molecule has 0 unspecified atom stereocenters. The van der Waals surface area contributed by atoms with Gasteiger partial charge in [0.1, 0.15) is 5.69 Å². The minimum atomic E-state index is -1.09. The van der Waals surface area contributed by atoms with E-state index in [-0.39, 0.29) is 5.69 Å². The molecule has 1 heterocycles. The van der Waals surface area contributed by atoms with Crippen LogP contribution in [0.4, 0.5) is 0 Å². The second-order valence-electron chi connectivity index (χ2n) is 4.18. The SMILES string of the molecule is CCCCn1nnc(C(=O)O)c1-c1cccc(Cl)c1. The van der Waals surface area contributed by atoms with Crippen molar-refractivity contribution >= 4 is 17.6 Å². The minimum Gasteiger partial charge on any atom is -0.476 e. The molecule has 0 bridgehead atoms. The van der Waals surface area contributed by atoms with E-state index in [0.717, 1.165) is 12.8 Å². The van der Waals surface area contributed by atoms with E-state index >= 15 is 0 Å². The highest BCUT2D eigenvalue weighted by Crippen LogP contribution is 2.25. The molecule has 2 rings (SSSR count). The Morgan fingerprint density at radius 1 is 1.47 bits per heavy atom. The Hall–Kier alpha value is -1.88. The molecular formula is C13H14ClN3O2. The quantitative estimate of drug-likeness (QED) is 0.913. The fraction of sp³-hybridized carbons (Fsp3) is 0.308. The van der Waals surface area contributed by atoms with Gasteiger partial charge >= 0.3 is 5.97 Å². The number of aromatic nitrogens is 3. The van der Waals surface area contributed by atoms with Crippen LogP contribution in [-0.4, -0.2) is 26.1 Å². The Kier molecular flexibility index (Phi) is 4.16. The molecular weight excluding hydrogens is 266 g/mol. The summed E-state index contributed by atoms with van der Waals surface area (Å²) in [7, 11) is 0. The standard InChI is InChI=1S/C13H14ClN3O2/c1-2-3-7-17-12(11(13(18)19)15-16-17)9-5-4-6-10(14)8-9/h4-6,8H,2-3,7H2,1H3,(H,18,19). The summed E-state index contributed by atoms with van der Waals surface area (Å²) in [5, 5.41) is 17.4. The van der Waals surface area contributed by atoms with Crippen molar-refractivity contribution in [3.63, 3.8) is 0 Å². The second kappa shape index (κ2) is 5.84. The van der Waals surface area contributed by atoms with Crippen molar-refractivity contribution in [1.82, 2.24) is 15.0 Å². The van der Waals surface area contributed by atoms with Crippen LogP contribution in [0.2, 0.25) is 5.02 Å². The van der Waals surface area contributed by atoms with E-state index in [0.29, 0.717) is 22.8 Å². The molecule has 0 fully saturated rings. The molecule has 0 aliphatic carbocycles. The highest BCUT2D eigenvalue weighted by Gasteiger charge is 2.20. The molecule has 1 aromatic carbocycles. The van der Waals surface area contributed by atoms with E-state index in [1.807, 2.05) is 0 Å². The lowest BCUT2D eigenvalue weighted by molar-refractivity contribution is 0.0691. The number of aryl methyl sites for hydroxylation is 1. The summed E-state index contributed by atoms with van der Waals surface area (Å²) in [5.74, 6) is -1.09. The molecule has 0 atom stereocenters. The van der Waals surface area contributed by atoms with Crippen LogP contribution in [-0.2, 0) is 6.54 Å². The van der Waals surface area contributed by atoms with Crippen LogP contribution < -0.4 is 0 Å². The molecule has 0 aliphatic rings. The Morgan fingerprint density at radius 3 is 2.89 bits per heavy atom. The number of rotatable bonds is 5. The van der Waals surface area contributed by atoms with Crippen LogP contribution in [0.1, 0.15) is 30.3 Å². The lowest BCUT2D eigenvalue weighted by Crippen LogP contribution is -2.05. The minimum absolute atomic E-state index is 0.0432. The van der Waals surface area contributed by atoms with Gasteiger partial charge < -0.3 is 5.11 Å². The van der Waals surface area contributed by atoms with Crippen molar-refractivity contribution in [1.29, 1.82) is 0 Å². The molecule has 0 amide bonds. The molecule has 0 radical (unpaired) electrons. The fourth-order valence-corrected chi connectivity index (χ4v) is 2.03. The Balaban J connectivity index is 2.51. The maximum Gasteiger partial charge on any atom is 0.358 e. The maximum absolute atomic E-state index is 11.2. The van der Waals surface area contributed by atoms with E-state index in [1.165, 1.54) is 0 Å². The number of hydrogen-bond acceptors (Lipinski definition) is 3. The third kappa shape index (κ3) is 2.93. The zero-order valence-corrected chi connectivity index (χ0v) is 11.3. The van der Waals surface area contributed by atoms with Crippen LogP contribution in [0.15, 0.2) is 24.3 Å². The molecule has 2 aromatic rings. The topological polar surface area (TPSA) is 68.0 Å². The van der Waals surface area contributed by atoms with E-state index in [9.17, 15) is 9.90 Å². The lowest BCUT2D eigenvalue weighted by Gasteiger charge is -2.07. The number of carboxylic acids is 1. The predicted molar refractivity (Wildman–Crippen MR) is 72.3 cm³/mol. The van der Waals surface area contributed by atoms with Crippen molar-refractivity contribution in [3.05, 3.63) is 35.0 Å². The number of nitrogens with zero attached hydrogens (tertiary/aromatic N) is 3. The molecule has 0 saturated carbocycles. The van der Waals surface area contributed by atoms with E-state index in [2.05, 4.69) is 17.2 Å². The zero-order valence-electron chi connectivity index (χ0n) is 10.5. The predicted octanol–water partition coefficient (Wildman–Crippen LogP) is 3.10. The summed E-state index contributed by atoms with van der Waals surface area (Å²) in [4.78, 5) is 11.2. The van der Waals surface area contributed by atoms with E-state index in [4.69, 9.17) is 11.6 Å². The summed E-state index contributed by atoms with van der Waals surface area (Å²) in [6.45, 7) is 2.70. The number of aromatic carboxylic acids is 1. The first-order valence-corrected chi connectivity index (χ1v) is 6.44. The molecule has 6 heteroatoms. The van der Waals surface area contributed by atoms with Crippen molar-refractivity contribution < 1.29 is 9.90 Å². The molecule has 100 valence electrons. The average Bonchev–Trinajstić information content (AvgIpc) is 2.80. The number of unbranched alkanes of at least 4 members (excludes halogenated alkanes) is 1. The van der Waals surface area contributed by atoms with Gasteiger partial charge in [-0.1, -0.05) is 42.3 Å². The van der Waals surface area contributed by atoms with Gasteiger partial charge in [-0.15, -0.1) is 5.10 Å². The third-order valence-electron chi connectivity index (χ3n) is 2.76. The van der Waals surface area contributed by atoms with Gasteiger partial charge in [0.05, 0.1) is 0 Å². The highest BCUT2D eigenvalue weighted by molar-refractivity contribution is 6.30. The summed E-state index contributed by atoms with van der Waals surface area (Å²) in [6.07, 6.45) is 1.91. The number of halogens is 1. The first-order chi connectivity index (χ1) is 9.13. The summed E-state index contributed by atoms with van der Waals surface area (Å²) in [6, 6.07) is 7.04. The zero-order chi connectivity index (χ0) is 13.8. The molecule has 19 heavy (non-hydrogen) atoms. The average molecular weight is 280 g/mol. The van der Waals surface area contributed by atoms with Gasteiger partial charge in [0, 0.05) is 17.1 Å². The molecule has 0 aliphatic heterocycles. The first kappa shape index (κ1) is 13.5. The van der Waals surface area contributed by atoms with E-state index < -0.39 is 5.97 Å². The van der Waals surface area contributed by atoms with Gasteiger partial charge in [-0.05, 0) is 18.6 Å². The van der Waals surface area contributed by atoms with Crippen LogP contribution in [0.5, 0.6) is 0 Å². The van der Waals surface area contributed by atoms with Crippen molar-refractivity contribution in [3.8, 4) is 11.3 Å². The fourth-order valence-electron chi connectivity index (χ4n) is 1.84. The van der Waals surface area contributed by atoms with Crippen LogP contribution in [0, 0.1) is 0 Å². The highest BCUT2D eigenvalue weighted by atomic mass is 35.5. The molecule has 0 saturated heterocycles. The summed E-state index contributed by atoms with van der Waals surface area (Å²) >= 11 is 5.95. The van der Waals surface area contributed by atoms with Gasteiger partial charge in [-0.25, -0.2) is 9.48 Å². The molecule has 5 nitrogen and oxygen atoms in total. The van der Waals surface area contributed by atoms with Crippen LogP contribution >= 0.6 is 11.6 Å². The van der Waals surface area contributed by atoms with Gasteiger partial charge in [0.15, 0.2) is 5.69 Å². The van der Waals surface area contributed by atoms with Crippen molar-refractivity contribution in [2.24, 2.45) is 0 Å². The maximum atomic E-state index is 11.2. The normalized spacial score (nSPS) is 10.6. The summed E-state index contributed by atoms with van der Waals surface area (Å²) < 4.78 is 1.62. The molecule has 1 N–H and O–H groups in total. The third-order valence-corrected chi connectivity index (χ3v) is 2.99.